The second kappa shape index (κ2) is 6.99. The van der Waals surface area contributed by atoms with E-state index in [0.29, 0.717) is 28.4 Å². The van der Waals surface area contributed by atoms with Gasteiger partial charge in [0.2, 0.25) is 5.88 Å². The zero-order valence-corrected chi connectivity index (χ0v) is 17.3. The Hall–Kier alpha value is -3.58. The highest BCUT2D eigenvalue weighted by Gasteiger charge is 2.36. The minimum atomic E-state index is -0.309. The Labute approximate surface area is 182 Å². The van der Waals surface area contributed by atoms with Crippen LogP contribution in [-0.4, -0.2) is 21.8 Å². The van der Waals surface area contributed by atoms with E-state index in [1.54, 1.807) is 59.9 Å². The maximum Gasteiger partial charge on any atom is 0.266 e. The maximum absolute atomic E-state index is 12.7. The van der Waals surface area contributed by atoms with Crippen LogP contribution in [0.1, 0.15) is 44.0 Å². The first kappa shape index (κ1) is 18.2. The zero-order chi connectivity index (χ0) is 20.9. The molecule has 0 saturated heterocycles. The van der Waals surface area contributed by atoms with E-state index >= 15 is 0 Å². The predicted octanol–water partition coefficient (Wildman–Crippen LogP) is 5.16. The molecule has 2 amide bonds. The highest BCUT2D eigenvalue weighted by Crippen LogP contribution is 2.40. The summed E-state index contributed by atoms with van der Waals surface area (Å²) in [6.45, 7) is 0. The van der Waals surface area contributed by atoms with E-state index in [1.165, 1.54) is 34.5 Å². The summed E-state index contributed by atoms with van der Waals surface area (Å²) in [5, 5.41) is 1.01. The number of rotatable bonds is 3. The first-order valence-electron chi connectivity index (χ1n) is 10.2. The van der Waals surface area contributed by atoms with Crippen LogP contribution in [0, 0.1) is 0 Å². The summed E-state index contributed by atoms with van der Waals surface area (Å²) in [5.74, 6) is 0.530. The molecule has 0 spiro atoms. The van der Waals surface area contributed by atoms with Crippen molar-refractivity contribution < 1.29 is 14.3 Å². The van der Waals surface area contributed by atoms with E-state index in [9.17, 15) is 9.59 Å². The number of benzene rings is 2. The van der Waals surface area contributed by atoms with Gasteiger partial charge in [-0.2, -0.15) is 0 Å². The molecule has 1 aliphatic carbocycles. The molecule has 7 heteroatoms. The lowest BCUT2D eigenvalue weighted by molar-refractivity contribution is 0.0926. The van der Waals surface area contributed by atoms with Gasteiger partial charge < -0.3 is 4.74 Å². The lowest BCUT2D eigenvalue weighted by Gasteiger charge is -2.15. The summed E-state index contributed by atoms with van der Waals surface area (Å²) in [7, 11) is 0. The number of nitrogens with zero attached hydrogens (tertiary/aromatic N) is 3. The smallest absolute Gasteiger partial charge is 0.266 e. The molecular weight excluding hydrogens is 410 g/mol. The van der Waals surface area contributed by atoms with Gasteiger partial charge in [0, 0.05) is 4.88 Å². The van der Waals surface area contributed by atoms with Crippen LogP contribution in [0.2, 0.25) is 0 Å². The van der Waals surface area contributed by atoms with Crippen molar-refractivity contribution in [3.8, 4) is 11.6 Å². The number of fused-ring (bicyclic) bond motifs is 4. The fourth-order valence-corrected chi connectivity index (χ4v) is 5.56. The molecule has 0 unspecified atom stereocenters. The third-order valence-corrected chi connectivity index (χ3v) is 7.02. The summed E-state index contributed by atoms with van der Waals surface area (Å²) in [6.07, 6.45) is 6.03. The Bertz CT molecular complexity index is 1330. The van der Waals surface area contributed by atoms with Gasteiger partial charge >= 0.3 is 0 Å². The Kier molecular flexibility index (Phi) is 4.11. The minimum Gasteiger partial charge on any atom is -0.438 e. The molecule has 0 fully saturated rings. The van der Waals surface area contributed by atoms with Crippen LogP contribution in [0.4, 0.5) is 5.69 Å². The van der Waals surface area contributed by atoms with E-state index in [-0.39, 0.29) is 11.8 Å². The van der Waals surface area contributed by atoms with Gasteiger partial charge in [-0.3, -0.25) is 9.59 Å². The first-order chi connectivity index (χ1) is 15.2. The number of hydrogen-bond acceptors (Lipinski definition) is 6. The highest BCUT2D eigenvalue weighted by atomic mass is 32.1. The van der Waals surface area contributed by atoms with Crippen molar-refractivity contribution in [2.45, 2.75) is 25.7 Å². The molecular formula is C24H17N3O3S. The number of thiophene rings is 1. The van der Waals surface area contributed by atoms with Gasteiger partial charge in [-0.05, 0) is 67.6 Å². The largest absolute Gasteiger partial charge is 0.438 e. The Morgan fingerprint density at radius 1 is 0.871 bits per heavy atom. The molecule has 2 aliphatic rings. The lowest BCUT2D eigenvalue weighted by atomic mass is 9.97. The number of aromatic nitrogens is 2. The minimum absolute atomic E-state index is 0.309. The first-order valence-corrected chi connectivity index (χ1v) is 11.0. The van der Waals surface area contributed by atoms with Crippen LogP contribution in [0.3, 0.4) is 0 Å². The molecule has 2 aromatic carbocycles. The standard InChI is InChI=1S/C24H17N3O3S/c28-23-16-5-1-2-6-17(16)24(29)27(23)14-9-11-15(12-10-14)30-21-20-18-7-3-4-8-19(18)31-22(20)26-13-25-21/h1-2,5-6,9-13H,3-4,7-8H2. The number of imide groups is 1. The van der Waals surface area contributed by atoms with E-state index in [4.69, 9.17) is 4.74 Å². The van der Waals surface area contributed by atoms with Gasteiger partial charge in [0.1, 0.15) is 16.9 Å². The molecule has 0 radical (unpaired) electrons. The summed E-state index contributed by atoms with van der Waals surface area (Å²) in [6, 6.07) is 13.8. The van der Waals surface area contributed by atoms with Crippen molar-refractivity contribution in [3.05, 3.63) is 76.4 Å². The van der Waals surface area contributed by atoms with E-state index in [1.807, 2.05) is 0 Å². The number of ether oxygens (including phenoxy) is 1. The molecule has 3 heterocycles. The normalized spacial score (nSPS) is 15.3. The molecule has 152 valence electrons. The molecule has 0 saturated carbocycles. The average molecular weight is 427 g/mol. The van der Waals surface area contributed by atoms with Crippen LogP contribution >= 0.6 is 11.3 Å². The van der Waals surface area contributed by atoms with Crippen molar-refractivity contribution in [2.24, 2.45) is 0 Å². The lowest BCUT2D eigenvalue weighted by Crippen LogP contribution is -2.29. The number of carbonyl (C=O) groups is 2. The number of hydrogen-bond donors (Lipinski definition) is 0. The topological polar surface area (TPSA) is 72.4 Å². The molecule has 2 aromatic heterocycles. The van der Waals surface area contributed by atoms with Gasteiger partial charge in [-0.25, -0.2) is 14.9 Å². The molecule has 0 bridgehead atoms. The van der Waals surface area contributed by atoms with Crippen molar-refractivity contribution in [3.63, 3.8) is 0 Å². The van der Waals surface area contributed by atoms with Crippen molar-refractivity contribution in [1.29, 1.82) is 0 Å². The second-order valence-electron chi connectivity index (χ2n) is 7.66. The van der Waals surface area contributed by atoms with Gasteiger partial charge in [0.25, 0.3) is 11.8 Å². The van der Waals surface area contributed by atoms with Crippen molar-refractivity contribution >= 4 is 39.1 Å². The Morgan fingerprint density at radius 2 is 1.58 bits per heavy atom. The van der Waals surface area contributed by atoms with Gasteiger partial charge in [0.15, 0.2) is 0 Å². The number of carbonyl (C=O) groups excluding carboxylic acids is 2. The maximum atomic E-state index is 12.7. The molecule has 6 rings (SSSR count). The zero-order valence-electron chi connectivity index (χ0n) is 16.5. The molecule has 6 nitrogen and oxygen atoms in total. The fourth-order valence-electron chi connectivity index (χ4n) is 4.34. The van der Waals surface area contributed by atoms with Crippen LogP contribution in [-0.2, 0) is 12.8 Å². The predicted molar refractivity (Wildman–Crippen MR) is 118 cm³/mol. The third-order valence-electron chi connectivity index (χ3n) is 5.82. The number of aryl methyl sites for hydroxylation is 2. The van der Waals surface area contributed by atoms with Crippen LogP contribution in [0.25, 0.3) is 10.2 Å². The molecule has 4 aromatic rings. The molecule has 0 atom stereocenters. The Balaban J connectivity index is 1.31. The molecule has 0 N–H and O–H groups in total. The monoisotopic (exact) mass is 427 g/mol. The van der Waals surface area contributed by atoms with Crippen molar-refractivity contribution in [2.75, 3.05) is 4.90 Å². The van der Waals surface area contributed by atoms with Gasteiger partial charge in [-0.15, -0.1) is 11.3 Å². The van der Waals surface area contributed by atoms with Crippen LogP contribution < -0.4 is 9.64 Å². The summed E-state index contributed by atoms with van der Waals surface area (Å²) < 4.78 is 6.12. The Morgan fingerprint density at radius 3 is 2.32 bits per heavy atom. The molecule has 31 heavy (non-hydrogen) atoms. The third kappa shape index (κ3) is 2.84. The quantitative estimate of drug-likeness (QED) is 0.422. The van der Waals surface area contributed by atoms with Crippen LogP contribution in [0.15, 0.2) is 54.9 Å². The average Bonchev–Trinajstić information content (AvgIpc) is 3.31. The van der Waals surface area contributed by atoms with Crippen LogP contribution in [0.5, 0.6) is 11.6 Å². The van der Waals surface area contributed by atoms with Gasteiger partial charge in [-0.1, -0.05) is 12.1 Å². The van der Waals surface area contributed by atoms with E-state index < -0.39 is 0 Å². The van der Waals surface area contributed by atoms with E-state index in [0.717, 1.165) is 23.1 Å². The number of anilines is 1. The number of amides is 2. The van der Waals surface area contributed by atoms with Crippen molar-refractivity contribution in [1.82, 2.24) is 9.97 Å². The summed E-state index contributed by atoms with van der Waals surface area (Å²) in [5.41, 5.74) is 2.68. The van der Waals surface area contributed by atoms with E-state index in [2.05, 4.69) is 9.97 Å². The second-order valence-corrected chi connectivity index (χ2v) is 8.74. The highest BCUT2D eigenvalue weighted by molar-refractivity contribution is 7.18. The van der Waals surface area contributed by atoms with Gasteiger partial charge in [0.05, 0.1) is 22.2 Å². The summed E-state index contributed by atoms with van der Waals surface area (Å²) in [4.78, 5) is 37.8. The SMILES string of the molecule is O=C1c2ccccc2C(=O)N1c1ccc(Oc2ncnc3sc4c(c23)CCCC4)cc1. The summed E-state index contributed by atoms with van der Waals surface area (Å²) >= 11 is 1.73. The molecule has 1 aliphatic heterocycles. The fraction of sp³-hybridized carbons (Fsp3) is 0.167.